The highest BCUT2D eigenvalue weighted by Crippen LogP contribution is 2.25. The van der Waals surface area contributed by atoms with Crippen molar-refractivity contribution in [1.29, 1.82) is 0 Å². The topological polar surface area (TPSA) is 114 Å². The molecule has 1 aliphatic carbocycles. The van der Waals surface area contributed by atoms with Crippen LogP contribution in [0, 0.1) is 0 Å². The van der Waals surface area contributed by atoms with Gasteiger partial charge in [-0.3, -0.25) is 0 Å². The predicted octanol–water partition coefficient (Wildman–Crippen LogP) is 6.27. The molecule has 1 aliphatic rings. The average molecular weight is 535 g/mol. The first-order valence-electron chi connectivity index (χ1n) is 14.0. The van der Waals surface area contributed by atoms with Gasteiger partial charge in [0.15, 0.2) is 0 Å². The van der Waals surface area contributed by atoms with Gasteiger partial charge in [0.2, 0.25) is 0 Å². The van der Waals surface area contributed by atoms with Crippen molar-refractivity contribution in [3.05, 3.63) is 77.9 Å². The van der Waals surface area contributed by atoms with Crippen molar-refractivity contribution < 1.29 is 23.8 Å². The molecule has 0 unspecified atom stereocenters. The molecule has 7 nitrogen and oxygen atoms in total. The van der Waals surface area contributed by atoms with Crippen LogP contribution in [0.15, 0.2) is 61.2 Å². The maximum atomic E-state index is 12.6. The third-order valence-corrected chi connectivity index (χ3v) is 6.89. The second-order valence-electron chi connectivity index (χ2n) is 10.00. The van der Waals surface area contributed by atoms with E-state index in [0.717, 1.165) is 56.3 Å². The summed E-state index contributed by atoms with van der Waals surface area (Å²) in [6.45, 7) is 4.76. The standard InChI is InChI=1S/C32H42N2O5/c1-2-3-4-5-6-7-21-37-28-14-16-29(17-15-28)39-32(36)25-11-8-24(9-12-25)10-19-31(35)38-22-20-26-23-27(33)13-18-30(26)34/h2,8-13,18-19,23,28-29H,1,3-7,14-17,20-22,33-34H2/b19-10+. The summed E-state index contributed by atoms with van der Waals surface area (Å²) in [6.07, 6.45) is 14.9. The Bertz CT molecular complexity index is 1090. The summed E-state index contributed by atoms with van der Waals surface area (Å²) in [4.78, 5) is 24.7. The number of ether oxygens (including phenoxy) is 3. The molecule has 7 heteroatoms. The summed E-state index contributed by atoms with van der Waals surface area (Å²) >= 11 is 0. The Hall–Kier alpha value is -3.58. The highest BCUT2D eigenvalue weighted by molar-refractivity contribution is 5.90. The molecule has 0 spiro atoms. The van der Waals surface area contributed by atoms with E-state index in [1.54, 1.807) is 48.5 Å². The first-order chi connectivity index (χ1) is 18.9. The number of benzene rings is 2. The fourth-order valence-corrected chi connectivity index (χ4v) is 4.58. The van der Waals surface area contributed by atoms with Crippen LogP contribution in [-0.4, -0.2) is 37.4 Å². The van der Waals surface area contributed by atoms with Crippen molar-refractivity contribution >= 4 is 29.4 Å². The lowest BCUT2D eigenvalue weighted by Gasteiger charge is -2.28. The van der Waals surface area contributed by atoms with E-state index in [1.165, 1.54) is 25.3 Å². The molecule has 4 N–H and O–H groups in total. The van der Waals surface area contributed by atoms with Gasteiger partial charge in [-0.25, -0.2) is 9.59 Å². The Labute approximate surface area is 232 Å². The second kappa shape index (κ2) is 16.4. The quantitative estimate of drug-likeness (QED) is 0.0910. The van der Waals surface area contributed by atoms with Crippen LogP contribution in [0.1, 0.15) is 79.3 Å². The van der Waals surface area contributed by atoms with Crippen LogP contribution in [0.3, 0.4) is 0 Å². The number of carbonyl (C=O) groups is 2. The molecular formula is C32H42N2O5. The van der Waals surface area contributed by atoms with Gasteiger partial charge < -0.3 is 25.7 Å². The van der Waals surface area contributed by atoms with E-state index in [9.17, 15) is 9.59 Å². The number of carbonyl (C=O) groups excluding carboxylic acids is 2. The molecule has 3 rings (SSSR count). The molecule has 2 aromatic rings. The van der Waals surface area contributed by atoms with Gasteiger partial charge in [0.1, 0.15) is 6.10 Å². The monoisotopic (exact) mass is 534 g/mol. The minimum Gasteiger partial charge on any atom is -0.462 e. The number of esters is 2. The number of anilines is 2. The molecule has 0 radical (unpaired) electrons. The Morgan fingerprint density at radius 3 is 2.36 bits per heavy atom. The third-order valence-electron chi connectivity index (χ3n) is 6.89. The fourth-order valence-electron chi connectivity index (χ4n) is 4.58. The van der Waals surface area contributed by atoms with Gasteiger partial charge in [-0.15, -0.1) is 6.58 Å². The number of nitrogen functional groups attached to an aromatic ring is 2. The van der Waals surface area contributed by atoms with Crippen molar-refractivity contribution in [2.75, 3.05) is 24.7 Å². The van der Waals surface area contributed by atoms with Gasteiger partial charge in [-0.1, -0.05) is 31.1 Å². The Kier molecular flexibility index (Phi) is 12.6. The summed E-state index contributed by atoms with van der Waals surface area (Å²) in [6, 6.07) is 12.2. The van der Waals surface area contributed by atoms with E-state index in [0.29, 0.717) is 23.4 Å². The van der Waals surface area contributed by atoms with Crippen LogP contribution in [-0.2, 0) is 25.4 Å². The van der Waals surface area contributed by atoms with Crippen LogP contribution in [0.5, 0.6) is 0 Å². The van der Waals surface area contributed by atoms with E-state index in [4.69, 9.17) is 25.7 Å². The molecule has 0 aromatic heterocycles. The van der Waals surface area contributed by atoms with Crippen LogP contribution in [0.25, 0.3) is 6.08 Å². The second-order valence-corrected chi connectivity index (χ2v) is 10.00. The van der Waals surface area contributed by atoms with Gasteiger partial charge in [-0.05, 0) is 92.5 Å². The van der Waals surface area contributed by atoms with Crippen molar-refractivity contribution in [2.45, 2.75) is 76.4 Å². The van der Waals surface area contributed by atoms with E-state index >= 15 is 0 Å². The molecule has 39 heavy (non-hydrogen) atoms. The minimum atomic E-state index is -0.455. The van der Waals surface area contributed by atoms with E-state index in [1.807, 2.05) is 6.08 Å². The highest BCUT2D eigenvalue weighted by Gasteiger charge is 2.24. The molecule has 0 saturated heterocycles. The highest BCUT2D eigenvalue weighted by atomic mass is 16.5. The van der Waals surface area contributed by atoms with Gasteiger partial charge in [0.25, 0.3) is 0 Å². The van der Waals surface area contributed by atoms with Crippen molar-refractivity contribution in [3.63, 3.8) is 0 Å². The molecule has 0 amide bonds. The van der Waals surface area contributed by atoms with Crippen molar-refractivity contribution in [2.24, 2.45) is 0 Å². The maximum Gasteiger partial charge on any atom is 0.338 e. The summed E-state index contributed by atoms with van der Waals surface area (Å²) in [7, 11) is 0. The number of rotatable bonds is 15. The van der Waals surface area contributed by atoms with Gasteiger partial charge in [0.05, 0.1) is 18.3 Å². The summed E-state index contributed by atoms with van der Waals surface area (Å²) in [5, 5.41) is 0. The third kappa shape index (κ3) is 11.0. The Balaban J connectivity index is 1.32. The first kappa shape index (κ1) is 30.0. The zero-order valence-electron chi connectivity index (χ0n) is 22.8. The largest absolute Gasteiger partial charge is 0.462 e. The summed E-state index contributed by atoms with van der Waals surface area (Å²) < 4.78 is 17.0. The molecule has 1 saturated carbocycles. The normalized spacial score (nSPS) is 17.1. The number of hydrogen-bond acceptors (Lipinski definition) is 7. The SMILES string of the molecule is C=CCCCCCCOC1CCC(OC(=O)c2ccc(/C=C/C(=O)OCCc3cc(N)ccc3N)cc2)CC1. The molecule has 0 atom stereocenters. The van der Waals surface area contributed by atoms with Crippen LogP contribution < -0.4 is 11.5 Å². The van der Waals surface area contributed by atoms with Crippen molar-refractivity contribution in [3.8, 4) is 0 Å². The van der Waals surface area contributed by atoms with E-state index in [2.05, 4.69) is 6.58 Å². The molecule has 0 aliphatic heterocycles. The number of allylic oxidation sites excluding steroid dienone is 1. The number of hydrogen-bond donors (Lipinski definition) is 2. The molecule has 210 valence electrons. The average Bonchev–Trinajstić information content (AvgIpc) is 2.94. The molecular weight excluding hydrogens is 492 g/mol. The zero-order chi connectivity index (χ0) is 27.9. The van der Waals surface area contributed by atoms with E-state index in [-0.39, 0.29) is 24.8 Å². The lowest BCUT2D eigenvalue weighted by Crippen LogP contribution is -2.28. The van der Waals surface area contributed by atoms with Gasteiger partial charge in [-0.2, -0.15) is 0 Å². The smallest absolute Gasteiger partial charge is 0.338 e. The Morgan fingerprint density at radius 1 is 0.897 bits per heavy atom. The number of nitrogens with two attached hydrogens (primary N) is 2. The van der Waals surface area contributed by atoms with E-state index < -0.39 is 5.97 Å². The van der Waals surface area contributed by atoms with Gasteiger partial charge in [0, 0.05) is 30.5 Å². The summed E-state index contributed by atoms with van der Waals surface area (Å²) in [5.41, 5.74) is 15.0. The van der Waals surface area contributed by atoms with Crippen LogP contribution >= 0.6 is 0 Å². The maximum absolute atomic E-state index is 12.6. The zero-order valence-corrected chi connectivity index (χ0v) is 22.8. The Morgan fingerprint density at radius 2 is 1.62 bits per heavy atom. The predicted molar refractivity (Wildman–Crippen MR) is 156 cm³/mol. The molecule has 1 fully saturated rings. The first-order valence-corrected chi connectivity index (χ1v) is 14.0. The molecule has 0 heterocycles. The fraction of sp³-hybridized carbons (Fsp3) is 0.438. The van der Waals surface area contributed by atoms with Gasteiger partial charge >= 0.3 is 11.9 Å². The summed E-state index contributed by atoms with van der Waals surface area (Å²) in [5.74, 6) is -0.779. The van der Waals surface area contributed by atoms with Crippen molar-refractivity contribution in [1.82, 2.24) is 0 Å². The lowest BCUT2D eigenvalue weighted by molar-refractivity contribution is -0.137. The lowest BCUT2D eigenvalue weighted by atomic mass is 9.95. The minimum absolute atomic E-state index is 0.0757. The van der Waals surface area contributed by atoms with Crippen LogP contribution in [0.2, 0.25) is 0 Å². The van der Waals surface area contributed by atoms with Crippen LogP contribution in [0.4, 0.5) is 11.4 Å². The number of unbranched alkanes of at least 4 members (excludes halogenated alkanes) is 4. The molecule has 2 aromatic carbocycles. The molecule has 0 bridgehead atoms.